The van der Waals surface area contributed by atoms with Crippen molar-refractivity contribution in [3.8, 4) is 0 Å². The average molecular weight is 356 g/mol. The van der Waals surface area contributed by atoms with Gasteiger partial charge >= 0.3 is 17.8 Å². The number of rotatable bonds is 7. The Kier molecular flexibility index (Phi) is 6.96. The van der Waals surface area contributed by atoms with Gasteiger partial charge in [0.15, 0.2) is 0 Å². The van der Waals surface area contributed by atoms with Gasteiger partial charge in [0, 0.05) is 13.3 Å². The minimum atomic E-state index is -4.10. The smallest absolute Gasteiger partial charge is 0.312 e. The molecular weight excluding hydrogens is 324 g/mol. The predicted molar refractivity (Wildman–Crippen MR) is 87.4 cm³/mol. The van der Waals surface area contributed by atoms with Crippen LogP contribution in [0.3, 0.4) is 0 Å². The fourth-order valence-electron chi connectivity index (χ4n) is 2.54. The highest BCUT2D eigenvalue weighted by Crippen LogP contribution is 2.47. The monoisotopic (exact) mass is 356 g/mol. The molecular formula is C18H32F4O2. The zero-order valence-corrected chi connectivity index (χ0v) is 16.2. The number of halogens is 4. The molecule has 0 radical (unpaired) electrons. The molecule has 0 amide bonds. The summed E-state index contributed by atoms with van der Waals surface area (Å²) in [6, 6.07) is 0. The molecule has 24 heavy (non-hydrogen) atoms. The molecule has 0 spiro atoms. The lowest BCUT2D eigenvalue weighted by molar-refractivity contribution is -0.203. The molecule has 0 saturated heterocycles. The van der Waals surface area contributed by atoms with E-state index in [1.165, 1.54) is 0 Å². The van der Waals surface area contributed by atoms with E-state index in [4.69, 9.17) is 4.74 Å². The van der Waals surface area contributed by atoms with E-state index in [1.807, 2.05) is 41.5 Å². The summed E-state index contributed by atoms with van der Waals surface area (Å²) in [5.74, 6) is -8.65. The minimum absolute atomic E-state index is 0.127. The van der Waals surface area contributed by atoms with Crippen LogP contribution in [0, 0.1) is 16.2 Å². The minimum Gasteiger partial charge on any atom is -0.465 e. The Morgan fingerprint density at radius 1 is 0.875 bits per heavy atom. The van der Waals surface area contributed by atoms with Crippen molar-refractivity contribution in [2.75, 3.05) is 6.61 Å². The van der Waals surface area contributed by atoms with Crippen molar-refractivity contribution < 1.29 is 27.1 Å². The Morgan fingerprint density at radius 2 is 1.33 bits per heavy atom. The molecule has 0 aliphatic carbocycles. The van der Waals surface area contributed by atoms with E-state index in [9.17, 15) is 22.4 Å². The largest absolute Gasteiger partial charge is 0.465 e. The third kappa shape index (κ3) is 6.25. The molecule has 0 aliphatic heterocycles. The number of carbonyl (C=O) groups excluding carboxylic acids is 1. The third-order valence-corrected chi connectivity index (χ3v) is 4.50. The number of ether oxygens (including phenoxy) is 1. The highest BCUT2D eigenvalue weighted by molar-refractivity contribution is 5.77. The maximum absolute atomic E-state index is 13.2. The van der Waals surface area contributed by atoms with E-state index in [-0.39, 0.29) is 25.4 Å². The highest BCUT2D eigenvalue weighted by Gasteiger charge is 2.51. The maximum atomic E-state index is 13.2. The van der Waals surface area contributed by atoms with Gasteiger partial charge in [0.05, 0.1) is 12.0 Å². The van der Waals surface area contributed by atoms with Gasteiger partial charge in [-0.1, -0.05) is 41.5 Å². The van der Waals surface area contributed by atoms with Crippen molar-refractivity contribution in [3.05, 3.63) is 0 Å². The summed E-state index contributed by atoms with van der Waals surface area (Å²) in [7, 11) is 0. The second kappa shape index (κ2) is 7.20. The van der Waals surface area contributed by atoms with Gasteiger partial charge in [0.25, 0.3) is 0 Å². The molecule has 0 bridgehead atoms. The van der Waals surface area contributed by atoms with Crippen LogP contribution in [0.4, 0.5) is 17.6 Å². The number of alkyl halides is 4. The Balaban J connectivity index is 4.83. The van der Waals surface area contributed by atoms with Crippen molar-refractivity contribution in [1.29, 1.82) is 0 Å². The Hall–Kier alpha value is -0.810. The normalized spacial score (nSPS) is 16.7. The van der Waals surface area contributed by atoms with Gasteiger partial charge in [-0.2, -0.15) is 8.78 Å². The summed E-state index contributed by atoms with van der Waals surface area (Å²) >= 11 is 0. The summed E-state index contributed by atoms with van der Waals surface area (Å²) in [4.78, 5) is 12.6. The van der Waals surface area contributed by atoms with Crippen molar-refractivity contribution in [2.45, 2.75) is 86.5 Å². The molecule has 144 valence electrons. The molecule has 0 heterocycles. The average Bonchev–Trinajstić information content (AvgIpc) is 2.29. The van der Waals surface area contributed by atoms with E-state index in [2.05, 4.69) is 0 Å². The van der Waals surface area contributed by atoms with Crippen LogP contribution in [-0.4, -0.2) is 24.4 Å². The van der Waals surface area contributed by atoms with Crippen LogP contribution < -0.4 is 0 Å². The van der Waals surface area contributed by atoms with Gasteiger partial charge in [0.2, 0.25) is 0 Å². The van der Waals surface area contributed by atoms with Crippen molar-refractivity contribution in [3.63, 3.8) is 0 Å². The van der Waals surface area contributed by atoms with Gasteiger partial charge in [-0.25, -0.2) is 8.78 Å². The summed E-state index contributed by atoms with van der Waals surface area (Å²) in [6.07, 6.45) is -0.765. The van der Waals surface area contributed by atoms with E-state index < -0.39 is 35.1 Å². The predicted octanol–water partition coefficient (Wildman–Crippen LogP) is 6.09. The highest BCUT2D eigenvalue weighted by atomic mass is 19.3. The summed E-state index contributed by atoms with van der Waals surface area (Å²) in [6.45, 7) is 13.5. The fraction of sp³-hybridized carbons (Fsp3) is 0.944. The zero-order chi connectivity index (χ0) is 19.6. The molecule has 0 aromatic carbocycles. The van der Waals surface area contributed by atoms with Gasteiger partial charge in [0.1, 0.15) is 0 Å². The first-order chi connectivity index (χ1) is 10.3. The van der Waals surface area contributed by atoms with Gasteiger partial charge < -0.3 is 4.74 Å². The summed E-state index contributed by atoms with van der Waals surface area (Å²) in [5, 5.41) is 0. The number of hydrogen-bond donors (Lipinski definition) is 0. The molecule has 0 saturated carbocycles. The Morgan fingerprint density at radius 3 is 1.67 bits per heavy atom. The molecule has 0 aromatic rings. The Bertz CT molecular complexity index is 428. The molecule has 0 rings (SSSR count). The molecule has 0 aliphatic rings. The van der Waals surface area contributed by atoms with Crippen LogP contribution in [-0.2, 0) is 9.53 Å². The third-order valence-electron chi connectivity index (χ3n) is 4.50. The van der Waals surface area contributed by atoms with E-state index in [0.717, 1.165) is 0 Å². The maximum Gasteiger partial charge on any atom is 0.312 e. The first kappa shape index (κ1) is 23.2. The molecule has 0 aromatic heterocycles. The molecule has 0 N–H and O–H groups in total. The Labute approximate surface area is 143 Å². The lowest BCUT2D eigenvalue weighted by Crippen LogP contribution is -2.44. The van der Waals surface area contributed by atoms with Gasteiger partial charge in [-0.3, -0.25) is 4.79 Å². The van der Waals surface area contributed by atoms with E-state index in [0.29, 0.717) is 6.42 Å². The first-order valence-electron chi connectivity index (χ1n) is 8.26. The van der Waals surface area contributed by atoms with Crippen LogP contribution in [0.15, 0.2) is 0 Å². The first-order valence-corrected chi connectivity index (χ1v) is 8.26. The molecule has 0 fully saturated rings. The summed E-state index contributed by atoms with van der Waals surface area (Å²) < 4.78 is 57.1. The van der Waals surface area contributed by atoms with Crippen molar-refractivity contribution >= 4 is 5.97 Å². The lowest BCUT2D eigenvalue weighted by atomic mass is 9.61. The lowest BCUT2D eigenvalue weighted by Gasteiger charge is -2.43. The second-order valence-corrected chi connectivity index (χ2v) is 9.15. The van der Waals surface area contributed by atoms with Crippen molar-refractivity contribution in [2.24, 2.45) is 16.2 Å². The van der Waals surface area contributed by atoms with Crippen LogP contribution >= 0.6 is 0 Å². The molecule has 1 unspecified atom stereocenters. The van der Waals surface area contributed by atoms with Gasteiger partial charge in [-0.05, 0) is 30.6 Å². The zero-order valence-electron chi connectivity index (χ0n) is 16.2. The fourth-order valence-corrected chi connectivity index (χ4v) is 2.54. The van der Waals surface area contributed by atoms with Crippen LogP contribution in [0.25, 0.3) is 0 Å². The number of carbonyl (C=O) groups is 1. The SMILES string of the molecule is CC(C)(C)CC(C)(C(=O)OCCCC(F)(F)C(C)(F)F)C(C)(C)C. The standard InChI is InChI=1S/C18H32F4O2/c1-14(2,3)12-16(7,15(4,5)6)13(23)24-11-9-10-18(21,22)17(8,19)20/h9-12H2,1-8H3. The van der Waals surface area contributed by atoms with E-state index in [1.54, 1.807) is 6.92 Å². The topological polar surface area (TPSA) is 26.3 Å². The molecule has 1 atom stereocenters. The number of hydrogen-bond acceptors (Lipinski definition) is 2. The van der Waals surface area contributed by atoms with Crippen LogP contribution in [0.5, 0.6) is 0 Å². The molecule has 6 heteroatoms. The van der Waals surface area contributed by atoms with Crippen LogP contribution in [0.1, 0.15) is 74.7 Å². The van der Waals surface area contributed by atoms with Gasteiger partial charge in [-0.15, -0.1) is 0 Å². The molecule has 2 nitrogen and oxygen atoms in total. The van der Waals surface area contributed by atoms with Crippen LogP contribution in [0.2, 0.25) is 0 Å². The number of esters is 1. The van der Waals surface area contributed by atoms with Crippen molar-refractivity contribution in [1.82, 2.24) is 0 Å². The summed E-state index contributed by atoms with van der Waals surface area (Å²) in [5.41, 5.74) is -1.32. The second-order valence-electron chi connectivity index (χ2n) is 9.15. The van der Waals surface area contributed by atoms with E-state index >= 15 is 0 Å². The quantitative estimate of drug-likeness (QED) is 0.313.